The van der Waals surface area contributed by atoms with E-state index in [2.05, 4.69) is 15.1 Å². The lowest BCUT2D eigenvalue weighted by Gasteiger charge is -2.23. The third-order valence-corrected chi connectivity index (χ3v) is 4.40. The van der Waals surface area contributed by atoms with Crippen molar-refractivity contribution in [2.75, 3.05) is 7.05 Å². The first-order valence-corrected chi connectivity index (χ1v) is 8.20. The second-order valence-electron chi connectivity index (χ2n) is 6.02. The van der Waals surface area contributed by atoms with Gasteiger partial charge >= 0.3 is 0 Å². The summed E-state index contributed by atoms with van der Waals surface area (Å²) in [4.78, 5) is 22.7. The second-order valence-corrected chi connectivity index (χ2v) is 6.02. The van der Waals surface area contributed by atoms with E-state index in [9.17, 15) is 4.79 Å². The minimum Gasteiger partial charge on any atom is -0.459 e. The van der Waals surface area contributed by atoms with Crippen LogP contribution in [0.2, 0.25) is 0 Å². The first-order valence-electron chi connectivity index (χ1n) is 8.20. The van der Waals surface area contributed by atoms with E-state index in [-0.39, 0.29) is 11.9 Å². The molecule has 1 atom stereocenters. The molecule has 0 aliphatic rings. The van der Waals surface area contributed by atoms with Crippen LogP contribution in [-0.4, -0.2) is 37.6 Å². The van der Waals surface area contributed by atoms with Crippen LogP contribution in [0.5, 0.6) is 0 Å². The predicted octanol–water partition coefficient (Wildman–Crippen LogP) is 3.24. The topological polar surface area (TPSA) is 77.0 Å². The summed E-state index contributed by atoms with van der Waals surface area (Å²) < 4.78 is 7.40. The van der Waals surface area contributed by atoms with Gasteiger partial charge in [-0.2, -0.15) is 5.10 Å². The molecular weight excluding hydrogens is 330 g/mol. The van der Waals surface area contributed by atoms with E-state index in [0.29, 0.717) is 11.4 Å². The third-order valence-electron chi connectivity index (χ3n) is 4.40. The average molecular weight is 347 g/mol. The summed E-state index contributed by atoms with van der Waals surface area (Å²) in [5.74, 6) is 1.16. The predicted molar refractivity (Wildman–Crippen MR) is 95.9 cm³/mol. The van der Waals surface area contributed by atoms with Gasteiger partial charge in [0, 0.05) is 24.2 Å². The van der Waals surface area contributed by atoms with Crippen molar-refractivity contribution >= 4 is 16.9 Å². The van der Waals surface area contributed by atoms with Gasteiger partial charge in [-0.15, -0.1) is 0 Å². The Bertz CT molecular complexity index is 1020. The molecule has 0 aliphatic carbocycles. The van der Waals surface area contributed by atoms with E-state index in [1.807, 2.05) is 37.3 Å². The molecule has 7 heteroatoms. The van der Waals surface area contributed by atoms with E-state index >= 15 is 0 Å². The zero-order valence-electron chi connectivity index (χ0n) is 14.4. The molecular formula is C19H17N5O2. The highest BCUT2D eigenvalue weighted by Crippen LogP contribution is 2.27. The van der Waals surface area contributed by atoms with Crippen LogP contribution in [-0.2, 0) is 0 Å². The van der Waals surface area contributed by atoms with Gasteiger partial charge in [0.15, 0.2) is 5.82 Å². The molecule has 0 aliphatic heterocycles. The molecule has 0 spiro atoms. The first-order chi connectivity index (χ1) is 12.6. The SMILES string of the molecule is CC(c1cc2ccccc2o1)N(C)C(=O)c1ccnc(-n2cncn2)c1. The molecule has 1 unspecified atom stereocenters. The number of rotatable bonds is 4. The highest BCUT2D eigenvalue weighted by Gasteiger charge is 2.22. The fourth-order valence-electron chi connectivity index (χ4n) is 2.78. The van der Waals surface area contributed by atoms with Crippen LogP contribution >= 0.6 is 0 Å². The van der Waals surface area contributed by atoms with Gasteiger partial charge in [-0.1, -0.05) is 18.2 Å². The number of furan rings is 1. The number of carbonyl (C=O) groups is 1. The van der Waals surface area contributed by atoms with Crippen molar-refractivity contribution < 1.29 is 9.21 Å². The summed E-state index contributed by atoms with van der Waals surface area (Å²) in [6.07, 6.45) is 4.55. The minimum absolute atomic E-state index is 0.123. The number of hydrogen-bond acceptors (Lipinski definition) is 5. The first kappa shape index (κ1) is 16.0. The number of hydrogen-bond donors (Lipinski definition) is 0. The summed E-state index contributed by atoms with van der Waals surface area (Å²) in [5, 5.41) is 5.06. The van der Waals surface area contributed by atoms with Crippen LogP contribution in [0, 0.1) is 0 Å². The number of para-hydroxylation sites is 1. The van der Waals surface area contributed by atoms with Crippen molar-refractivity contribution in [3.63, 3.8) is 0 Å². The smallest absolute Gasteiger partial charge is 0.254 e. The van der Waals surface area contributed by atoms with Crippen LogP contribution in [0.15, 0.2) is 65.7 Å². The van der Waals surface area contributed by atoms with Gasteiger partial charge < -0.3 is 9.32 Å². The van der Waals surface area contributed by atoms with Crippen LogP contribution in [0.25, 0.3) is 16.8 Å². The zero-order valence-corrected chi connectivity index (χ0v) is 14.4. The number of aromatic nitrogens is 4. The molecule has 1 amide bonds. The molecule has 130 valence electrons. The molecule has 0 radical (unpaired) electrons. The quantitative estimate of drug-likeness (QED) is 0.566. The van der Waals surface area contributed by atoms with Crippen molar-refractivity contribution in [2.45, 2.75) is 13.0 Å². The molecule has 0 N–H and O–H groups in total. The zero-order chi connectivity index (χ0) is 18.1. The minimum atomic E-state index is -0.210. The summed E-state index contributed by atoms with van der Waals surface area (Å²) in [6, 6.07) is 12.9. The Morgan fingerprint density at radius 2 is 2.08 bits per heavy atom. The summed E-state index contributed by atoms with van der Waals surface area (Å²) in [7, 11) is 1.76. The molecule has 0 saturated carbocycles. The van der Waals surface area contributed by atoms with E-state index in [1.54, 1.807) is 30.3 Å². The molecule has 7 nitrogen and oxygen atoms in total. The Kier molecular flexibility index (Phi) is 3.96. The van der Waals surface area contributed by atoms with E-state index in [1.165, 1.54) is 17.3 Å². The van der Waals surface area contributed by atoms with Crippen molar-refractivity contribution in [2.24, 2.45) is 0 Å². The highest BCUT2D eigenvalue weighted by molar-refractivity contribution is 5.94. The van der Waals surface area contributed by atoms with Crippen molar-refractivity contribution in [1.29, 1.82) is 0 Å². The molecule has 0 bridgehead atoms. The Morgan fingerprint density at radius 1 is 1.23 bits per heavy atom. The van der Waals surface area contributed by atoms with Gasteiger partial charge in [-0.3, -0.25) is 4.79 Å². The third kappa shape index (κ3) is 2.83. The Labute approximate surface area is 149 Å². The number of carbonyl (C=O) groups excluding carboxylic acids is 1. The van der Waals surface area contributed by atoms with Gasteiger partial charge in [-0.25, -0.2) is 14.6 Å². The Hall–Kier alpha value is -3.48. The summed E-state index contributed by atoms with van der Waals surface area (Å²) in [6.45, 7) is 1.94. The fraction of sp³-hybridized carbons (Fsp3) is 0.158. The Morgan fingerprint density at radius 3 is 2.85 bits per heavy atom. The summed E-state index contributed by atoms with van der Waals surface area (Å²) >= 11 is 0. The Balaban J connectivity index is 1.60. The van der Waals surface area contributed by atoms with Crippen LogP contribution in [0.3, 0.4) is 0 Å². The maximum atomic E-state index is 12.9. The van der Waals surface area contributed by atoms with Gasteiger partial charge in [0.25, 0.3) is 5.91 Å². The molecule has 1 aromatic carbocycles. The molecule has 3 aromatic heterocycles. The number of fused-ring (bicyclic) bond motifs is 1. The van der Waals surface area contributed by atoms with Crippen molar-refractivity contribution in [3.8, 4) is 5.82 Å². The van der Waals surface area contributed by atoms with Gasteiger partial charge in [0.1, 0.15) is 24.0 Å². The van der Waals surface area contributed by atoms with Crippen molar-refractivity contribution in [3.05, 3.63) is 72.6 Å². The van der Waals surface area contributed by atoms with Crippen LogP contribution in [0.1, 0.15) is 29.1 Å². The molecule has 26 heavy (non-hydrogen) atoms. The number of nitrogens with zero attached hydrogens (tertiary/aromatic N) is 5. The largest absolute Gasteiger partial charge is 0.459 e. The molecule has 3 heterocycles. The van der Waals surface area contributed by atoms with E-state index < -0.39 is 0 Å². The van der Waals surface area contributed by atoms with E-state index in [0.717, 1.165) is 16.7 Å². The maximum absolute atomic E-state index is 12.9. The van der Waals surface area contributed by atoms with E-state index in [4.69, 9.17) is 4.42 Å². The fourth-order valence-corrected chi connectivity index (χ4v) is 2.78. The van der Waals surface area contributed by atoms with Gasteiger partial charge in [-0.05, 0) is 31.2 Å². The lowest BCUT2D eigenvalue weighted by Crippen LogP contribution is -2.29. The molecule has 0 fully saturated rings. The number of pyridine rings is 1. The molecule has 4 aromatic rings. The monoisotopic (exact) mass is 347 g/mol. The van der Waals surface area contributed by atoms with Crippen LogP contribution < -0.4 is 0 Å². The summed E-state index contributed by atoms with van der Waals surface area (Å²) in [5.41, 5.74) is 1.34. The second kappa shape index (κ2) is 6.44. The molecule has 0 saturated heterocycles. The number of benzene rings is 1. The number of amides is 1. The lowest BCUT2D eigenvalue weighted by atomic mass is 10.1. The lowest BCUT2D eigenvalue weighted by molar-refractivity contribution is 0.0727. The van der Waals surface area contributed by atoms with Gasteiger partial charge in [0.2, 0.25) is 0 Å². The average Bonchev–Trinajstić information content (AvgIpc) is 3.36. The van der Waals surface area contributed by atoms with Gasteiger partial charge in [0.05, 0.1) is 6.04 Å². The van der Waals surface area contributed by atoms with Crippen molar-refractivity contribution in [1.82, 2.24) is 24.6 Å². The maximum Gasteiger partial charge on any atom is 0.254 e. The highest BCUT2D eigenvalue weighted by atomic mass is 16.3. The standard InChI is InChI=1S/C19H17N5O2/c1-13(17-9-14-5-3-4-6-16(14)26-17)23(2)19(25)15-7-8-21-18(10-15)24-12-20-11-22-24/h3-13H,1-2H3. The molecule has 4 rings (SSSR count). The van der Waals surface area contributed by atoms with Crippen LogP contribution in [0.4, 0.5) is 0 Å². The normalized spacial score (nSPS) is 12.2.